The summed E-state index contributed by atoms with van der Waals surface area (Å²) in [4.78, 5) is 4.18. The van der Waals surface area contributed by atoms with E-state index in [4.69, 9.17) is 46.5 Å². The smallest absolute Gasteiger partial charge is 0.389 e. The third kappa shape index (κ3) is 25.8. The minimum atomic E-state index is -2.68. The molecule has 0 aromatic heterocycles. The monoisotopic (exact) mass is 792 g/mol. The van der Waals surface area contributed by atoms with Crippen molar-refractivity contribution < 1.29 is 56.1 Å². The van der Waals surface area contributed by atoms with Gasteiger partial charge in [-0.3, -0.25) is 9.80 Å². The molecule has 0 radical (unpaired) electrons. The quantitative estimate of drug-likeness (QED) is 0.0337. The Balaban J connectivity index is 5.32. The molecule has 52 heavy (non-hydrogen) atoms. The Hall–Kier alpha value is -0.246. The molecule has 0 aromatic rings. The van der Waals surface area contributed by atoms with Crippen LogP contribution < -0.4 is 16.4 Å². The molecule has 0 saturated carbocycles. The van der Waals surface area contributed by atoms with Crippen LogP contribution in [0.3, 0.4) is 0 Å². The zero-order valence-corrected chi connectivity index (χ0v) is 35.9. The van der Waals surface area contributed by atoms with Crippen LogP contribution in [0, 0.1) is 0 Å². The number of hydrogen-bond acceptors (Lipinski definition) is 17. The first kappa shape index (κ1) is 51.8. The average Bonchev–Trinajstić information content (AvgIpc) is 3.12. The molecule has 3 atom stereocenters. The number of aliphatic hydroxyl groups is 3. The second-order valence-corrected chi connectivity index (χ2v) is 19.9. The summed E-state index contributed by atoms with van der Waals surface area (Å²) in [5.74, 6) is 0. The lowest BCUT2D eigenvalue weighted by Crippen LogP contribution is -2.47. The third-order valence-electron chi connectivity index (χ3n) is 8.28. The van der Waals surface area contributed by atoms with E-state index in [1.165, 1.54) is 0 Å². The molecule has 0 bridgehead atoms. The minimum absolute atomic E-state index is 0.136. The fraction of sp³-hybridized carbons (Fsp3) is 1.00. The van der Waals surface area contributed by atoms with Gasteiger partial charge in [0.1, 0.15) is 0 Å². The number of rotatable bonds is 37. The van der Waals surface area contributed by atoms with Crippen molar-refractivity contribution in [2.75, 3.05) is 148 Å². The van der Waals surface area contributed by atoms with Crippen molar-refractivity contribution in [3.8, 4) is 0 Å². The molecule has 0 aliphatic rings. The Labute approximate surface area is 316 Å². The van der Waals surface area contributed by atoms with Crippen LogP contribution in [0.25, 0.3) is 0 Å². The van der Waals surface area contributed by atoms with E-state index in [9.17, 15) is 15.3 Å². The van der Waals surface area contributed by atoms with E-state index in [0.29, 0.717) is 90.5 Å². The van der Waals surface area contributed by atoms with Crippen molar-refractivity contribution in [1.29, 1.82) is 0 Å². The average molecular weight is 792 g/mol. The normalized spacial score (nSPS) is 14.8. The highest BCUT2D eigenvalue weighted by atomic mass is 28.4. The van der Waals surface area contributed by atoms with Crippen LogP contribution in [0.5, 0.6) is 0 Å². The van der Waals surface area contributed by atoms with E-state index in [1.807, 2.05) is 25.7 Å². The molecule has 0 rings (SSSR count). The van der Waals surface area contributed by atoms with Gasteiger partial charge in [0.15, 0.2) is 0 Å². The molecule has 0 aliphatic heterocycles. The van der Waals surface area contributed by atoms with Crippen LogP contribution in [0.2, 0.25) is 12.1 Å². The topological polar surface area (TPSA) is 200 Å². The van der Waals surface area contributed by atoms with Gasteiger partial charge in [-0.1, -0.05) is 0 Å². The predicted molar refractivity (Wildman–Crippen MR) is 205 cm³/mol. The molecule has 7 N–H and O–H groups in total. The Morgan fingerprint density at radius 1 is 0.577 bits per heavy atom. The molecule has 0 aromatic carbocycles. The number of nitrogens with one attached hydrogen (secondary N) is 2. The lowest BCUT2D eigenvalue weighted by Gasteiger charge is -2.32. The van der Waals surface area contributed by atoms with E-state index >= 15 is 0 Å². The molecular weight excluding hydrogens is 715 g/mol. The molecular formula is C33H77N5O12Si2. The van der Waals surface area contributed by atoms with Gasteiger partial charge < -0.3 is 72.5 Å². The second-order valence-electron chi connectivity index (χ2n) is 13.7. The van der Waals surface area contributed by atoms with E-state index in [-0.39, 0.29) is 19.8 Å². The van der Waals surface area contributed by atoms with E-state index in [0.717, 1.165) is 19.6 Å². The molecule has 0 amide bonds. The first-order valence-electron chi connectivity index (χ1n) is 18.5. The molecule has 3 unspecified atom stereocenters. The van der Waals surface area contributed by atoms with Crippen molar-refractivity contribution in [3.05, 3.63) is 0 Å². The number of nitrogens with zero attached hydrogens (tertiary/aromatic N) is 2. The van der Waals surface area contributed by atoms with E-state index in [2.05, 4.69) is 15.5 Å². The highest BCUT2D eigenvalue weighted by Gasteiger charge is 2.37. The van der Waals surface area contributed by atoms with Crippen LogP contribution in [0.1, 0.15) is 33.6 Å². The van der Waals surface area contributed by atoms with Crippen molar-refractivity contribution in [1.82, 2.24) is 20.4 Å². The van der Waals surface area contributed by atoms with Crippen molar-refractivity contribution in [3.63, 3.8) is 0 Å². The zero-order chi connectivity index (χ0) is 39.3. The first-order valence-corrected chi connectivity index (χ1v) is 22.3. The van der Waals surface area contributed by atoms with Gasteiger partial charge >= 0.3 is 17.6 Å². The van der Waals surface area contributed by atoms with E-state index < -0.39 is 41.5 Å². The SMILES string of the molecule is CO[Si](CCCOCC(O)CN(CCNCCNCCN)CCN(CC(O)COCCC[Si](OC)(OC)OC)CC(O)COC(C)(C)C)(OC)OC. The summed E-state index contributed by atoms with van der Waals surface area (Å²) in [6, 6.07) is 1.21. The molecule has 0 saturated heterocycles. The zero-order valence-electron chi connectivity index (χ0n) is 33.9. The summed E-state index contributed by atoms with van der Waals surface area (Å²) in [7, 11) is 4.14. The first-order chi connectivity index (χ1) is 24.8. The third-order valence-corrected chi connectivity index (χ3v) is 13.9. The minimum Gasteiger partial charge on any atom is -0.389 e. The van der Waals surface area contributed by atoms with Gasteiger partial charge in [0.05, 0.1) is 43.7 Å². The lowest BCUT2D eigenvalue weighted by atomic mass is 10.2. The molecule has 314 valence electrons. The molecule has 0 aliphatic carbocycles. The molecule has 0 fully saturated rings. The highest BCUT2D eigenvalue weighted by molar-refractivity contribution is 6.60. The van der Waals surface area contributed by atoms with Gasteiger partial charge in [0, 0.05) is 140 Å². The fourth-order valence-corrected chi connectivity index (χ4v) is 8.71. The molecule has 0 heterocycles. The summed E-state index contributed by atoms with van der Waals surface area (Å²) >= 11 is 0. The lowest BCUT2D eigenvalue weighted by molar-refractivity contribution is -0.0611. The second kappa shape index (κ2) is 30.9. The number of nitrogens with two attached hydrogens (primary N) is 1. The summed E-state index contributed by atoms with van der Waals surface area (Å²) < 4.78 is 50.2. The summed E-state index contributed by atoms with van der Waals surface area (Å²) in [6.07, 6.45) is -0.909. The van der Waals surface area contributed by atoms with Crippen LogP contribution in [-0.4, -0.2) is 214 Å². The maximum absolute atomic E-state index is 10.9. The van der Waals surface area contributed by atoms with Crippen molar-refractivity contribution in [2.24, 2.45) is 5.73 Å². The fourth-order valence-electron chi connectivity index (χ4n) is 5.33. The van der Waals surface area contributed by atoms with Crippen LogP contribution in [0.4, 0.5) is 0 Å². The molecule has 19 heteroatoms. The van der Waals surface area contributed by atoms with Crippen LogP contribution >= 0.6 is 0 Å². The van der Waals surface area contributed by atoms with E-state index in [1.54, 1.807) is 42.7 Å². The van der Waals surface area contributed by atoms with Gasteiger partial charge in [-0.2, -0.15) is 0 Å². The van der Waals surface area contributed by atoms with Gasteiger partial charge in [0.2, 0.25) is 0 Å². The Bertz CT molecular complexity index is 803. The highest BCUT2D eigenvalue weighted by Crippen LogP contribution is 2.16. The Morgan fingerprint density at radius 2 is 0.981 bits per heavy atom. The Kier molecular flexibility index (Phi) is 30.8. The predicted octanol–water partition coefficient (Wildman–Crippen LogP) is -0.804. The summed E-state index contributed by atoms with van der Waals surface area (Å²) in [6.45, 7) is 13.6. The Morgan fingerprint density at radius 3 is 1.40 bits per heavy atom. The van der Waals surface area contributed by atoms with Crippen molar-refractivity contribution >= 4 is 17.6 Å². The summed E-state index contributed by atoms with van der Waals surface area (Å²) in [5.41, 5.74) is 5.17. The van der Waals surface area contributed by atoms with Crippen molar-refractivity contribution in [2.45, 2.75) is 69.6 Å². The van der Waals surface area contributed by atoms with Gasteiger partial charge in [0.25, 0.3) is 0 Å². The maximum Gasteiger partial charge on any atom is 0.500 e. The molecule has 0 spiro atoms. The van der Waals surface area contributed by atoms with Gasteiger partial charge in [-0.25, -0.2) is 0 Å². The van der Waals surface area contributed by atoms with Crippen LogP contribution in [0.15, 0.2) is 0 Å². The number of aliphatic hydroxyl groups excluding tert-OH is 3. The molecule has 17 nitrogen and oxygen atoms in total. The van der Waals surface area contributed by atoms with Gasteiger partial charge in [-0.05, 0) is 33.6 Å². The standard InChI is InChI=1S/C33H77N5O12Si2/c1-33(2,3)50-29-32(41)26-38(25-31(40)28-49-21-11-23-52(45-7,46-8)47-9)19-18-37(17-16-36-15-14-35-13-12-34)24-30(39)27-48-20-10-22-51(42-4,43-5)44-6/h30-32,35-36,39-41H,10-29,34H2,1-9H3. The van der Waals surface area contributed by atoms with Crippen LogP contribution in [-0.2, 0) is 40.8 Å². The van der Waals surface area contributed by atoms with Gasteiger partial charge in [-0.15, -0.1) is 0 Å². The maximum atomic E-state index is 10.9. The number of hydrogen-bond donors (Lipinski definition) is 6. The number of ether oxygens (including phenoxy) is 3. The summed E-state index contributed by atoms with van der Waals surface area (Å²) in [5, 5.41) is 39.5. The largest absolute Gasteiger partial charge is 0.500 e.